The molecule has 0 radical (unpaired) electrons. The van der Waals surface area contributed by atoms with E-state index < -0.39 is 0 Å². The van der Waals surface area contributed by atoms with Crippen LogP contribution >= 0.6 is 0 Å². The third-order valence-corrected chi connectivity index (χ3v) is 3.09. The van der Waals surface area contributed by atoms with Crippen molar-refractivity contribution in [2.75, 3.05) is 0 Å². The van der Waals surface area contributed by atoms with Crippen LogP contribution in [0.2, 0.25) is 0 Å². The molecule has 3 nitrogen and oxygen atoms in total. The average Bonchev–Trinajstić information content (AvgIpc) is 2.76. The third-order valence-electron chi connectivity index (χ3n) is 3.09. The second kappa shape index (κ2) is 3.39. The smallest absolute Gasteiger partial charge is 0.0524 e. The second-order valence-electron chi connectivity index (χ2n) is 4.71. The highest BCUT2D eigenvalue weighted by atomic mass is 15.3. The van der Waals surface area contributed by atoms with Crippen LogP contribution in [0.25, 0.3) is 0 Å². The molecule has 1 aromatic heterocycles. The van der Waals surface area contributed by atoms with Gasteiger partial charge in [0.25, 0.3) is 0 Å². The fourth-order valence-corrected chi connectivity index (χ4v) is 2.01. The Morgan fingerprint density at radius 3 is 2.64 bits per heavy atom. The number of nitrogens with two attached hydrogens (primary N) is 1. The highest BCUT2D eigenvalue weighted by Crippen LogP contribution is 2.48. The van der Waals surface area contributed by atoms with Gasteiger partial charge in [-0.2, -0.15) is 5.10 Å². The fraction of sp³-hybridized carbons (Fsp3) is 0.727. The van der Waals surface area contributed by atoms with Gasteiger partial charge >= 0.3 is 0 Å². The maximum atomic E-state index is 5.86. The fourth-order valence-electron chi connectivity index (χ4n) is 2.01. The van der Waals surface area contributed by atoms with E-state index in [1.54, 1.807) is 0 Å². The molecule has 1 saturated carbocycles. The van der Waals surface area contributed by atoms with Crippen molar-refractivity contribution in [2.45, 2.75) is 45.2 Å². The summed E-state index contributed by atoms with van der Waals surface area (Å²) in [6, 6.07) is 0.777. The van der Waals surface area contributed by atoms with E-state index in [2.05, 4.69) is 32.1 Å². The lowest BCUT2D eigenvalue weighted by Gasteiger charge is -2.03. The minimum atomic E-state index is 0.322. The van der Waals surface area contributed by atoms with Crippen LogP contribution in [-0.4, -0.2) is 15.8 Å². The van der Waals surface area contributed by atoms with Gasteiger partial charge < -0.3 is 5.73 Å². The van der Waals surface area contributed by atoms with Gasteiger partial charge in [0.2, 0.25) is 0 Å². The Labute approximate surface area is 85.3 Å². The highest BCUT2D eigenvalue weighted by molar-refractivity contribution is 5.21. The van der Waals surface area contributed by atoms with E-state index in [0.29, 0.717) is 23.9 Å². The van der Waals surface area contributed by atoms with E-state index in [-0.39, 0.29) is 0 Å². The zero-order valence-electron chi connectivity index (χ0n) is 9.14. The van der Waals surface area contributed by atoms with Crippen molar-refractivity contribution in [3.8, 4) is 0 Å². The molecule has 1 aromatic rings. The molecule has 78 valence electrons. The van der Waals surface area contributed by atoms with Crippen LogP contribution in [0, 0.1) is 5.92 Å². The molecule has 1 aliphatic carbocycles. The van der Waals surface area contributed by atoms with Gasteiger partial charge in [0.1, 0.15) is 0 Å². The molecule has 14 heavy (non-hydrogen) atoms. The second-order valence-corrected chi connectivity index (χ2v) is 4.71. The van der Waals surface area contributed by atoms with Gasteiger partial charge in [-0.25, -0.2) is 0 Å². The molecule has 1 fully saturated rings. The van der Waals surface area contributed by atoms with Gasteiger partial charge in [-0.15, -0.1) is 0 Å². The summed E-state index contributed by atoms with van der Waals surface area (Å²) in [5.74, 6) is 1.35. The lowest BCUT2D eigenvalue weighted by molar-refractivity contribution is 0.532. The first kappa shape index (κ1) is 9.71. The minimum absolute atomic E-state index is 0.322. The Morgan fingerprint density at radius 2 is 2.21 bits per heavy atom. The zero-order chi connectivity index (χ0) is 10.3. The van der Waals surface area contributed by atoms with Crippen LogP contribution in [0.4, 0.5) is 0 Å². The van der Waals surface area contributed by atoms with Crippen LogP contribution < -0.4 is 5.73 Å². The van der Waals surface area contributed by atoms with Crippen LogP contribution in [0.15, 0.2) is 12.4 Å². The zero-order valence-corrected chi connectivity index (χ0v) is 9.14. The Bertz CT molecular complexity index is 314. The summed E-state index contributed by atoms with van der Waals surface area (Å²) in [7, 11) is 0. The van der Waals surface area contributed by atoms with Crippen LogP contribution in [-0.2, 0) is 0 Å². The molecule has 2 rings (SSSR count). The molecule has 0 spiro atoms. The van der Waals surface area contributed by atoms with E-state index in [9.17, 15) is 0 Å². The van der Waals surface area contributed by atoms with E-state index in [0.717, 1.165) is 0 Å². The van der Waals surface area contributed by atoms with Gasteiger partial charge in [0, 0.05) is 18.3 Å². The molecule has 0 saturated heterocycles. The predicted octanol–water partition coefficient (Wildman–Crippen LogP) is 1.91. The number of hydrogen-bond acceptors (Lipinski definition) is 2. The lowest BCUT2D eigenvalue weighted by atomic mass is 10.1. The Hall–Kier alpha value is -0.830. The molecular weight excluding hydrogens is 174 g/mol. The summed E-state index contributed by atoms with van der Waals surface area (Å²) in [4.78, 5) is 0. The summed E-state index contributed by atoms with van der Waals surface area (Å²) >= 11 is 0. The number of aromatic nitrogens is 2. The largest absolute Gasteiger partial charge is 0.328 e. The van der Waals surface area contributed by atoms with Gasteiger partial charge in [-0.3, -0.25) is 4.68 Å². The van der Waals surface area contributed by atoms with E-state index in [4.69, 9.17) is 5.73 Å². The van der Waals surface area contributed by atoms with Crippen molar-refractivity contribution in [2.24, 2.45) is 11.7 Å². The predicted molar refractivity (Wildman–Crippen MR) is 57.1 cm³/mol. The van der Waals surface area contributed by atoms with Crippen molar-refractivity contribution < 1.29 is 0 Å². The summed E-state index contributed by atoms with van der Waals surface area (Å²) in [5.41, 5.74) is 7.23. The van der Waals surface area contributed by atoms with Crippen molar-refractivity contribution >= 4 is 0 Å². The SMILES string of the molecule is CC(N)C1CC1c1cnn(C(C)C)c1. The standard InChI is InChI=1S/C11H19N3/c1-7(2)14-6-9(5-13-14)11-4-10(11)8(3)12/h5-8,10-11H,4,12H2,1-3H3. The monoisotopic (exact) mass is 193 g/mol. The van der Waals surface area contributed by atoms with E-state index >= 15 is 0 Å². The molecule has 0 aromatic carbocycles. The molecule has 0 bridgehead atoms. The maximum absolute atomic E-state index is 5.86. The van der Waals surface area contributed by atoms with Gasteiger partial charge in [-0.1, -0.05) is 0 Å². The van der Waals surface area contributed by atoms with E-state index in [1.807, 2.05) is 10.9 Å². The van der Waals surface area contributed by atoms with Crippen molar-refractivity contribution in [1.29, 1.82) is 0 Å². The number of nitrogens with zero attached hydrogens (tertiary/aromatic N) is 2. The van der Waals surface area contributed by atoms with Crippen molar-refractivity contribution in [3.63, 3.8) is 0 Å². The number of hydrogen-bond donors (Lipinski definition) is 1. The van der Waals surface area contributed by atoms with Crippen LogP contribution in [0.3, 0.4) is 0 Å². The summed E-state index contributed by atoms with van der Waals surface area (Å²) in [6.45, 7) is 6.39. The van der Waals surface area contributed by atoms with Crippen molar-refractivity contribution in [1.82, 2.24) is 9.78 Å². The molecule has 0 amide bonds. The normalized spacial score (nSPS) is 28.1. The molecule has 1 heterocycles. The molecule has 3 unspecified atom stereocenters. The quantitative estimate of drug-likeness (QED) is 0.797. The van der Waals surface area contributed by atoms with Gasteiger partial charge in [0.05, 0.1) is 6.20 Å². The van der Waals surface area contributed by atoms with Gasteiger partial charge in [0.15, 0.2) is 0 Å². The summed E-state index contributed by atoms with van der Waals surface area (Å²) in [6.07, 6.45) is 5.40. The lowest BCUT2D eigenvalue weighted by Crippen LogP contribution is -2.17. The molecule has 3 heteroatoms. The van der Waals surface area contributed by atoms with Crippen LogP contribution in [0.5, 0.6) is 0 Å². The number of rotatable bonds is 3. The molecule has 3 atom stereocenters. The first-order valence-corrected chi connectivity index (χ1v) is 5.39. The molecule has 0 aliphatic heterocycles. The Morgan fingerprint density at radius 1 is 1.50 bits per heavy atom. The maximum Gasteiger partial charge on any atom is 0.0524 e. The van der Waals surface area contributed by atoms with Crippen LogP contribution in [0.1, 0.15) is 44.7 Å². The first-order chi connectivity index (χ1) is 6.59. The van der Waals surface area contributed by atoms with Gasteiger partial charge in [-0.05, 0) is 44.6 Å². The minimum Gasteiger partial charge on any atom is -0.328 e. The third kappa shape index (κ3) is 1.69. The summed E-state index contributed by atoms with van der Waals surface area (Å²) < 4.78 is 2.02. The molecule has 1 aliphatic rings. The van der Waals surface area contributed by atoms with E-state index in [1.165, 1.54) is 12.0 Å². The van der Waals surface area contributed by atoms with Crippen molar-refractivity contribution in [3.05, 3.63) is 18.0 Å². The average molecular weight is 193 g/mol. The molecule has 2 N–H and O–H groups in total. The molecular formula is C11H19N3. The topological polar surface area (TPSA) is 43.8 Å². The summed E-state index contributed by atoms with van der Waals surface area (Å²) in [5, 5.41) is 4.35. The Balaban J connectivity index is 2.05. The Kier molecular flexibility index (Phi) is 2.35. The highest BCUT2D eigenvalue weighted by Gasteiger charge is 2.41. The first-order valence-electron chi connectivity index (χ1n) is 5.39.